The first-order valence-electron chi connectivity index (χ1n) is 12.7. The van der Waals surface area contributed by atoms with Gasteiger partial charge in [-0.05, 0) is 90.9 Å². The fraction of sp³-hybridized carbons (Fsp3) is 0.586. The predicted molar refractivity (Wildman–Crippen MR) is 127 cm³/mol. The van der Waals surface area contributed by atoms with E-state index in [1.807, 2.05) is 19.1 Å². The van der Waals surface area contributed by atoms with Crippen LogP contribution in [-0.2, 0) is 6.42 Å². The normalized spacial score (nSPS) is 33.2. The van der Waals surface area contributed by atoms with Gasteiger partial charge in [-0.3, -0.25) is 0 Å². The van der Waals surface area contributed by atoms with E-state index in [4.69, 9.17) is 0 Å². The lowest BCUT2D eigenvalue weighted by Gasteiger charge is -2.32. The Morgan fingerprint density at radius 3 is 2.15 bits per heavy atom. The lowest BCUT2D eigenvalue weighted by atomic mass is 9.75. The molecule has 180 valence electrons. The van der Waals surface area contributed by atoms with Gasteiger partial charge in [0, 0.05) is 0 Å². The maximum atomic E-state index is 14.9. The summed E-state index contributed by atoms with van der Waals surface area (Å²) in [7, 11) is 0. The Kier molecular flexibility index (Phi) is 7.81. The van der Waals surface area contributed by atoms with Crippen molar-refractivity contribution in [3.8, 4) is 0 Å². The number of aryl methyl sites for hydroxylation is 1. The van der Waals surface area contributed by atoms with Crippen molar-refractivity contribution < 1.29 is 17.6 Å². The predicted octanol–water partition coefficient (Wildman–Crippen LogP) is 8.73. The third-order valence-electron chi connectivity index (χ3n) is 8.19. The van der Waals surface area contributed by atoms with Crippen LogP contribution in [0.2, 0.25) is 0 Å². The van der Waals surface area contributed by atoms with Gasteiger partial charge in [-0.15, -0.1) is 0 Å². The van der Waals surface area contributed by atoms with Crippen molar-refractivity contribution in [2.24, 2.45) is 17.8 Å². The lowest BCUT2D eigenvalue weighted by Crippen LogP contribution is -2.29. The Morgan fingerprint density at radius 2 is 1.48 bits per heavy atom. The minimum atomic E-state index is -1.61. The summed E-state index contributed by atoms with van der Waals surface area (Å²) in [4.78, 5) is 0. The zero-order chi connectivity index (χ0) is 23.5. The van der Waals surface area contributed by atoms with Gasteiger partial charge in [-0.1, -0.05) is 63.1 Å². The molecule has 3 aliphatic rings. The summed E-state index contributed by atoms with van der Waals surface area (Å²) in [6.45, 7) is 4.04. The largest absolute Gasteiger partial charge is 0.239 e. The molecule has 4 rings (SSSR count). The number of hydrogen-bond donors (Lipinski definition) is 0. The van der Waals surface area contributed by atoms with Crippen LogP contribution < -0.4 is 0 Å². The standard InChI is InChI=1S/C29H36F4/c1-3-20-14-16-24(28(32)26(20)30)22-11-6-19(7-12-22)8-13-23-15-17-25(29(33)27(23)31)21-9-4-18(2)5-10-21/h8,13-19,21-22,27,29H,3-7,9-12H2,1-2H3/b13-8+. The summed E-state index contributed by atoms with van der Waals surface area (Å²) >= 11 is 0. The molecule has 0 radical (unpaired) electrons. The average molecular weight is 461 g/mol. The molecule has 0 aliphatic heterocycles. The molecule has 0 spiro atoms. The molecule has 2 saturated carbocycles. The van der Waals surface area contributed by atoms with Crippen LogP contribution in [0.4, 0.5) is 17.6 Å². The molecule has 0 heterocycles. The second-order valence-electron chi connectivity index (χ2n) is 10.4. The number of rotatable bonds is 5. The second-order valence-corrected chi connectivity index (χ2v) is 10.4. The summed E-state index contributed by atoms with van der Waals surface area (Å²) in [6, 6.07) is 3.43. The van der Waals surface area contributed by atoms with Gasteiger partial charge >= 0.3 is 0 Å². The minimum Gasteiger partial charge on any atom is -0.239 e. The summed E-state index contributed by atoms with van der Waals surface area (Å²) in [5, 5.41) is 0. The minimum absolute atomic E-state index is 0.0109. The first kappa shape index (κ1) is 24.3. The maximum Gasteiger partial charge on any atom is 0.162 e. The molecule has 2 unspecified atom stereocenters. The molecule has 0 amide bonds. The first-order valence-corrected chi connectivity index (χ1v) is 12.7. The molecule has 4 heteroatoms. The van der Waals surface area contributed by atoms with Gasteiger partial charge < -0.3 is 0 Å². The Hall–Kier alpha value is -1.84. The molecule has 0 nitrogen and oxygen atoms in total. The molecular weight excluding hydrogens is 424 g/mol. The molecule has 2 fully saturated rings. The monoisotopic (exact) mass is 460 g/mol. The molecule has 0 saturated heterocycles. The summed E-state index contributed by atoms with van der Waals surface area (Å²) in [5.74, 6) is -0.309. The third kappa shape index (κ3) is 5.30. The van der Waals surface area contributed by atoms with Crippen molar-refractivity contribution in [1.29, 1.82) is 0 Å². The number of allylic oxidation sites excluding steroid dienone is 6. The van der Waals surface area contributed by atoms with E-state index in [0.29, 0.717) is 34.6 Å². The van der Waals surface area contributed by atoms with Gasteiger partial charge in [-0.25, -0.2) is 17.6 Å². The van der Waals surface area contributed by atoms with Crippen LogP contribution in [-0.4, -0.2) is 12.3 Å². The van der Waals surface area contributed by atoms with Gasteiger partial charge in [0.25, 0.3) is 0 Å². The number of alkyl halides is 2. The highest BCUT2D eigenvalue weighted by atomic mass is 19.2. The molecule has 1 aromatic carbocycles. The van der Waals surface area contributed by atoms with E-state index in [-0.39, 0.29) is 17.8 Å². The average Bonchev–Trinajstić information content (AvgIpc) is 2.83. The highest BCUT2D eigenvalue weighted by molar-refractivity contribution is 5.39. The summed E-state index contributed by atoms with van der Waals surface area (Å²) < 4.78 is 58.5. The van der Waals surface area contributed by atoms with Gasteiger partial charge in [0.05, 0.1) is 0 Å². The van der Waals surface area contributed by atoms with Gasteiger partial charge in [0.15, 0.2) is 24.0 Å². The molecule has 0 bridgehead atoms. The molecule has 33 heavy (non-hydrogen) atoms. The Labute approximate surface area is 195 Å². The Balaban J connectivity index is 1.36. The molecule has 0 aromatic heterocycles. The van der Waals surface area contributed by atoms with Crippen molar-refractivity contribution in [2.45, 2.75) is 89.9 Å². The maximum absolute atomic E-state index is 14.9. The fourth-order valence-electron chi connectivity index (χ4n) is 5.88. The summed E-state index contributed by atoms with van der Waals surface area (Å²) in [5.41, 5.74) is 1.92. The van der Waals surface area contributed by atoms with E-state index >= 15 is 0 Å². The van der Waals surface area contributed by atoms with Crippen LogP contribution in [0.1, 0.15) is 82.3 Å². The van der Waals surface area contributed by atoms with E-state index in [2.05, 4.69) is 6.92 Å². The van der Waals surface area contributed by atoms with E-state index in [1.165, 1.54) is 0 Å². The molecule has 3 aliphatic carbocycles. The van der Waals surface area contributed by atoms with Gasteiger partial charge in [0.1, 0.15) is 0 Å². The molecule has 2 atom stereocenters. The lowest BCUT2D eigenvalue weighted by molar-refractivity contribution is 0.198. The quantitative estimate of drug-likeness (QED) is 0.385. The van der Waals surface area contributed by atoms with Crippen molar-refractivity contribution in [2.75, 3.05) is 0 Å². The SMILES string of the molecule is CCc1ccc(C2CCC(/C=C/C3=CC=C(C4CCC(C)CC4)C(F)C3F)CC2)c(F)c1F. The molecule has 0 N–H and O–H groups in total. The molecule has 1 aromatic rings. The highest BCUT2D eigenvalue weighted by Gasteiger charge is 2.35. The van der Waals surface area contributed by atoms with Crippen molar-refractivity contribution in [3.05, 3.63) is 70.3 Å². The van der Waals surface area contributed by atoms with Crippen molar-refractivity contribution in [3.63, 3.8) is 0 Å². The van der Waals surface area contributed by atoms with E-state index < -0.39 is 24.0 Å². The zero-order valence-corrected chi connectivity index (χ0v) is 19.8. The topological polar surface area (TPSA) is 0 Å². The van der Waals surface area contributed by atoms with E-state index in [9.17, 15) is 17.6 Å². The number of benzene rings is 1. The Bertz CT molecular complexity index is 912. The highest BCUT2D eigenvalue weighted by Crippen LogP contribution is 2.41. The number of hydrogen-bond acceptors (Lipinski definition) is 0. The van der Waals surface area contributed by atoms with Crippen LogP contribution in [0.25, 0.3) is 0 Å². The molecular formula is C29H36F4. The van der Waals surface area contributed by atoms with Crippen molar-refractivity contribution >= 4 is 0 Å². The van der Waals surface area contributed by atoms with Gasteiger partial charge in [-0.2, -0.15) is 0 Å². The van der Waals surface area contributed by atoms with Crippen LogP contribution >= 0.6 is 0 Å². The van der Waals surface area contributed by atoms with Crippen LogP contribution in [0, 0.1) is 29.4 Å². The van der Waals surface area contributed by atoms with E-state index in [1.54, 1.807) is 24.3 Å². The van der Waals surface area contributed by atoms with Crippen molar-refractivity contribution in [1.82, 2.24) is 0 Å². The first-order chi connectivity index (χ1) is 15.9. The summed E-state index contributed by atoms with van der Waals surface area (Å²) in [6.07, 6.45) is 11.9. The number of halogens is 4. The Morgan fingerprint density at radius 1 is 0.818 bits per heavy atom. The van der Waals surface area contributed by atoms with Gasteiger partial charge in [0.2, 0.25) is 0 Å². The van der Waals surface area contributed by atoms with E-state index in [0.717, 1.165) is 51.4 Å². The van der Waals surface area contributed by atoms with Crippen LogP contribution in [0.5, 0.6) is 0 Å². The second kappa shape index (κ2) is 10.6. The fourth-order valence-corrected chi connectivity index (χ4v) is 5.88. The van der Waals surface area contributed by atoms with Crippen LogP contribution in [0.15, 0.2) is 47.6 Å². The third-order valence-corrected chi connectivity index (χ3v) is 8.19. The smallest absolute Gasteiger partial charge is 0.162 e. The van der Waals surface area contributed by atoms with Crippen LogP contribution in [0.3, 0.4) is 0 Å². The zero-order valence-electron chi connectivity index (χ0n) is 19.8.